The second-order valence-electron chi connectivity index (χ2n) is 10.6. The molecule has 5 nitrogen and oxygen atoms in total. The molecule has 4 aromatic rings. The highest BCUT2D eigenvalue weighted by molar-refractivity contribution is 7.99. The van der Waals surface area contributed by atoms with Gasteiger partial charge in [-0.3, -0.25) is 4.57 Å². The third-order valence-electron chi connectivity index (χ3n) is 6.98. The minimum atomic E-state index is -0.0725. The zero-order chi connectivity index (χ0) is 26.7. The Labute approximate surface area is 230 Å². The van der Waals surface area contributed by atoms with Crippen molar-refractivity contribution >= 4 is 11.8 Å². The summed E-state index contributed by atoms with van der Waals surface area (Å²) >= 11 is 1.69. The van der Waals surface area contributed by atoms with E-state index in [4.69, 9.17) is 19.2 Å². The predicted molar refractivity (Wildman–Crippen MR) is 154 cm³/mol. The fourth-order valence-corrected chi connectivity index (χ4v) is 5.71. The summed E-state index contributed by atoms with van der Waals surface area (Å²) in [6.07, 6.45) is 3.10. The van der Waals surface area contributed by atoms with E-state index in [2.05, 4.69) is 73.9 Å². The Kier molecular flexibility index (Phi) is 7.82. The summed E-state index contributed by atoms with van der Waals surface area (Å²) in [7, 11) is 3.38. The van der Waals surface area contributed by atoms with Crippen molar-refractivity contribution in [2.45, 2.75) is 61.7 Å². The van der Waals surface area contributed by atoms with E-state index in [1.165, 1.54) is 5.56 Å². The molecule has 198 valence electrons. The van der Waals surface area contributed by atoms with Crippen molar-refractivity contribution in [3.63, 3.8) is 0 Å². The van der Waals surface area contributed by atoms with E-state index < -0.39 is 0 Å². The number of ether oxygens (including phenoxy) is 3. The van der Waals surface area contributed by atoms with E-state index in [9.17, 15) is 0 Å². The van der Waals surface area contributed by atoms with Gasteiger partial charge < -0.3 is 14.2 Å². The van der Waals surface area contributed by atoms with Crippen LogP contribution in [0.2, 0.25) is 0 Å². The fourth-order valence-electron chi connectivity index (χ4n) is 4.78. The number of rotatable bonds is 7. The van der Waals surface area contributed by atoms with Crippen LogP contribution in [0, 0.1) is 0 Å². The van der Waals surface area contributed by atoms with Crippen LogP contribution in [0.1, 0.15) is 51.8 Å². The minimum Gasteiger partial charge on any atom is -0.497 e. The molecule has 0 radical (unpaired) electrons. The molecule has 3 aromatic carbocycles. The van der Waals surface area contributed by atoms with Crippen LogP contribution in [0.5, 0.6) is 11.5 Å². The van der Waals surface area contributed by atoms with Crippen LogP contribution < -0.4 is 9.47 Å². The van der Waals surface area contributed by atoms with Gasteiger partial charge in [0.1, 0.15) is 17.7 Å². The Bertz CT molecular complexity index is 1350. The first-order valence-electron chi connectivity index (χ1n) is 13.2. The van der Waals surface area contributed by atoms with Gasteiger partial charge in [-0.1, -0.05) is 44.7 Å². The number of benzene rings is 3. The largest absolute Gasteiger partial charge is 0.497 e. The Morgan fingerprint density at radius 3 is 1.95 bits per heavy atom. The molecule has 38 heavy (non-hydrogen) atoms. The molecule has 5 rings (SSSR count). The van der Waals surface area contributed by atoms with Gasteiger partial charge in [0.25, 0.3) is 0 Å². The number of aromatic nitrogens is 2. The highest BCUT2D eigenvalue weighted by atomic mass is 32.2. The van der Waals surface area contributed by atoms with Crippen molar-refractivity contribution in [1.82, 2.24) is 9.55 Å². The van der Waals surface area contributed by atoms with E-state index >= 15 is 0 Å². The fraction of sp³-hybridized carbons (Fsp3) is 0.344. The molecule has 0 bridgehead atoms. The van der Waals surface area contributed by atoms with Crippen LogP contribution in [0.3, 0.4) is 0 Å². The predicted octanol–water partition coefficient (Wildman–Crippen LogP) is 8.38. The average molecular weight is 529 g/mol. The molecule has 1 aliphatic heterocycles. The monoisotopic (exact) mass is 528 g/mol. The lowest BCUT2D eigenvalue weighted by Gasteiger charge is -2.27. The maximum Gasteiger partial charge on any atom is 0.176 e. The summed E-state index contributed by atoms with van der Waals surface area (Å²) in [4.78, 5) is 6.43. The van der Waals surface area contributed by atoms with Crippen molar-refractivity contribution in [3.05, 3.63) is 78.4 Å². The van der Waals surface area contributed by atoms with Gasteiger partial charge in [0, 0.05) is 22.6 Å². The Morgan fingerprint density at radius 2 is 1.42 bits per heavy atom. The van der Waals surface area contributed by atoms with E-state index in [0.717, 1.165) is 69.9 Å². The van der Waals surface area contributed by atoms with Gasteiger partial charge in [0.05, 0.1) is 25.6 Å². The highest BCUT2D eigenvalue weighted by Crippen LogP contribution is 2.43. The van der Waals surface area contributed by atoms with Crippen molar-refractivity contribution in [2.24, 2.45) is 0 Å². The normalized spacial score (nSPS) is 15.9. The quantitative estimate of drug-likeness (QED) is 0.241. The maximum atomic E-state index is 6.36. The second kappa shape index (κ2) is 11.3. The minimum absolute atomic E-state index is 0.0725. The van der Waals surface area contributed by atoms with Crippen LogP contribution in [-0.2, 0) is 10.2 Å². The molecule has 0 saturated carbocycles. The summed E-state index contributed by atoms with van der Waals surface area (Å²) in [5.41, 5.74) is 5.53. The first-order valence-corrected chi connectivity index (χ1v) is 14.0. The topological polar surface area (TPSA) is 45.5 Å². The standard InChI is InChI=1S/C32H36N2O3S/c1-32(2,3)24-13-19-27(20-14-24)38-31-33-29(22-9-15-25(35-4)16-10-22)30(23-11-17-26(36-5)18-12-23)34(31)28-8-6-7-21-37-28/h9-20,28H,6-8,21H2,1-5H3. The lowest BCUT2D eigenvalue weighted by atomic mass is 9.87. The Morgan fingerprint density at radius 1 is 0.816 bits per heavy atom. The van der Waals surface area contributed by atoms with Gasteiger partial charge in [-0.25, -0.2) is 4.98 Å². The van der Waals surface area contributed by atoms with Crippen LogP contribution in [0.15, 0.2) is 82.8 Å². The molecule has 1 unspecified atom stereocenters. The van der Waals surface area contributed by atoms with Gasteiger partial charge >= 0.3 is 0 Å². The lowest BCUT2D eigenvalue weighted by molar-refractivity contribution is -0.0359. The van der Waals surface area contributed by atoms with Crippen LogP contribution in [0.4, 0.5) is 0 Å². The smallest absolute Gasteiger partial charge is 0.176 e. The molecule has 2 heterocycles. The zero-order valence-electron chi connectivity index (χ0n) is 22.9. The first-order chi connectivity index (χ1) is 18.4. The highest BCUT2D eigenvalue weighted by Gasteiger charge is 2.28. The molecule has 6 heteroatoms. The van der Waals surface area contributed by atoms with Crippen LogP contribution >= 0.6 is 11.8 Å². The van der Waals surface area contributed by atoms with Gasteiger partial charge in [0.15, 0.2) is 5.16 Å². The van der Waals surface area contributed by atoms with E-state index in [1.807, 2.05) is 24.3 Å². The first kappa shape index (κ1) is 26.4. The summed E-state index contributed by atoms with van der Waals surface area (Å²) in [6.45, 7) is 7.48. The van der Waals surface area contributed by atoms with Crippen molar-refractivity contribution in [2.75, 3.05) is 20.8 Å². The summed E-state index contributed by atoms with van der Waals surface area (Å²) in [5, 5.41) is 0.928. The molecular weight excluding hydrogens is 492 g/mol. The molecule has 1 saturated heterocycles. The lowest BCUT2D eigenvalue weighted by Crippen LogP contribution is -2.19. The van der Waals surface area contributed by atoms with E-state index in [-0.39, 0.29) is 11.6 Å². The van der Waals surface area contributed by atoms with Gasteiger partial charge in [-0.15, -0.1) is 0 Å². The molecule has 0 amide bonds. The van der Waals surface area contributed by atoms with E-state index in [1.54, 1.807) is 26.0 Å². The zero-order valence-corrected chi connectivity index (χ0v) is 23.7. The van der Waals surface area contributed by atoms with Gasteiger partial charge in [0.2, 0.25) is 0 Å². The van der Waals surface area contributed by atoms with Crippen molar-refractivity contribution in [3.8, 4) is 34.0 Å². The van der Waals surface area contributed by atoms with Crippen LogP contribution in [0.25, 0.3) is 22.5 Å². The Balaban J connectivity index is 1.66. The number of imidazole rings is 1. The molecule has 1 atom stereocenters. The summed E-state index contributed by atoms with van der Waals surface area (Å²) in [5.74, 6) is 1.65. The molecule has 0 N–H and O–H groups in total. The molecule has 1 aromatic heterocycles. The van der Waals surface area contributed by atoms with E-state index in [0.29, 0.717) is 0 Å². The van der Waals surface area contributed by atoms with Crippen LogP contribution in [-0.4, -0.2) is 30.4 Å². The summed E-state index contributed by atoms with van der Waals surface area (Å²) < 4.78 is 19.5. The second-order valence-corrected chi connectivity index (χ2v) is 11.7. The van der Waals surface area contributed by atoms with Crippen molar-refractivity contribution < 1.29 is 14.2 Å². The molecular formula is C32H36N2O3S. The molecule has 1 fully saturated rings. The molecule has 0 spiro atoms. The average Bonchev–Trinajstić information content (AvgIpc) is 3.32. The maximum absolute atomic E-state index is 6.36. The third kappa shape index (κ3) is 5.62. The number of hydrogen-bond donors (Lipinski definition) is 0. The molecule has 0 aliphatic carbocycles. The SMILES string of the molecule is COc1ccc(-c2nc(Sc3ccc(C(C)(C)C)cc3)n(C3CCCCO3)c2-c2ccc(OC)cc2)cc1. The number of nitrogens with zero attached hydrogens (tertiary/aromatic N) is 2. The van der Waals surface area contributed by atoms with Crippen molar-refractivity contribution in [1.29, 1.82) is 0 Å². The number of hydrogen-bond acceptors (Lipinski definition) is 5. The van der Waals surface area contributed by atoms with Gasteiger partial charge in [-0.05, 0) is 90.9 Å². The summed E-state index contributed by atoms with van der Waals surface area (Å²) in [6, 6.07) is 25.2. The van der Waals surface area contributed by atoms with Gasteiger partial charge in [-0.2, -0.15) is 0 Å². The Hall–Kier alpha value is -3.22. The molecule has 1 aliphatic rings. The number of methoxy groups -OCH3 is 2. The third-order valence-corrected chi connectivity index (χ3v) is 7.96.